The standard InChI is InChI=1S/C12H9ClF2N2O2/c1-2-19-12(18)9-5-17(6-16-9)11-8(14)4-3-7(13)10(11)15/h3-6H,2H2,1H3. The molecule has 1 aromatic heterocycles. The maximum Gasteiger partial charge on any atom is 0.358 e. The zero-order chi connectivity index (χ0) is 14.0. The summed E-state index contributed by atoms with van der Waals surface area (Å²) in [5, 5.41) is -0.220. The van der Waals surface area contributed by atoms with Gasteiger partial charge in [-0.05, 0) is 19.1 Å². The first-order valence-corrected chi connectivity index (χ1v) is 5.77. The van der Waals surface area contributed by atoms with Crippen molar-refractivity contribution >= 4 is 17.6 Å². The van der Waals surface area contributed by atoms with Crippen molar-refractivity contribution in [3.8, 4) is 5.69 Å². The number of imidazole rings is 1. The van der Waals surface area contributed by atoms with E-state index in [9.17, 15) is 13.6 Å². The minimum Gasteiger partial charge on any atom is -0.461 e. The molecule has 0 N–H and O–H groups in total. The summed E-state index contributed by atoms with van der Waals surface area (Å²) >= 11 is 5.59. The van der Waals surface area contributed by atoms with E-state index in [1.54, 1.807) is 6.92 Å². The molecule has 7 heteroatoms. The minimum absolute atomic E-state index is 0.0411. The highest BCUT2D eigenvalue weighted by Gasteiger charge is 2.17. The van der Waals surface area contributed by atoms with Crippen LogP contribution in [0.3, 0.4) is 0 Å². The Hall–Kier alpha value is -1.95. The lowest BCUT2D eigenvalue weighted by Crippen LogP contribution is -2.05. The summed E-state index contributed by atoms with van der Waals surface area (Å²) in [4.78, 5) is 15.1. The first-order valence-electron chi connectivity index (χ1n) is 5.39. The summed E-state index contributed by atoms with van der Waals surface area (Å²) < 4.78 is 33.2. The number of rotatable bonds is 3. The minimum atomic E-state index is -0.922. The highest BCUT2D eigenvalue weighted by Crippen LogP contribution is 2.24. The van der Waals surface area contributed by atoms with E-state index < -0.39 is 23.3 Å². The zero-order valence-electron chi connectivity index (χ0n) is 9.86. The summed E-state index contributed by atoms with van der Waals surface area (Å²) in [6, 6.07) is 2.14. The first kappa shape index (κ1) is 13.5. The number of benzene rings is 1. The van der Waals surface area contributed by atoms with Crippen LogP contribution in [0.4, 0.5) is 8.78 Å². The summed E-state index contributed by atoms with van der Waals surface area (Å²) in [6.45, 7) is 1.83. The third-order valence-corrected chi connectivity index (χ3v) is 2.64. The second-order valence-electron chi connectivity index (χ2n) is 3.58. The Morgan fingerprint density at radius 3 is 2.89 bits per heavy atom. The van der Waals surface area contributed by atoms with Crippen LogP contribution in [0.5, 0.6) is 0 Å². The Morgan fingerprint density at radius 2 is 2.21 bits per heavy atom. The summed E-state index contributed by atoms with van der Waals surface area (Å²) in [5.74, 6) is -2.40. The van der Waals surface area contributed by atoms with Gasteiger partial charge in [0.05, 0.1) is 11.6 Å². The van der Waals surface area contributed by atoms with Crippen molar-refractivity contribution in [1.29, 1.82) is 0 Å². The molecule has 0 atom stereocenters. The van der Waals surface area contributed by atoms with E-state index in [-0.39, 0.29) is 17.3 Å². The van der Waals surface area contributed by atoms with Crippen molar-refractivity contribution in [2.45, 2.75) is 6.92 Å². The van der Waals surface area contributed by atoms with E-state index in [0.717, 1.165) is 23.0 Å². The van der Waals surface area contributed by atoms with Gasteiger partial charge in [-0.25, -0.2) is 18.6 Å². The molecule has 0 aliphatic rings. The Balaban J connectivity index is 2.44. The van der Waals surface area contributed by atoms with E-state index in [1.807, 2.05) is 0 Å². The van der Waals surface area contributed by atoms with E-state index in [2.05, 4.69) is 4.98 Å². The molecule has 0 amide bonds. The van der Waals surface area contributed by atoms with Crippen LogP contribution in [-0.4, -0.2) is 22.1 Å². The highest BCUT2D eigenvalue weighted by molar-refractivity contribution is 6.30. The molecule has 1 aromatic carbocycles. The van der Waals surface area contributed by atoms with Gasteiger partial charge < -0.3 is 9.30 Å². The van der Waals surface area contributed by atoms with Crippen LogP contribution in [-0.2, 0) is 4.74 Å². The lowest BCUT2D eigenvalue weighted by molar-refractivity contribution is 0.0520. The molecule has 2 rings (SSSR count). The maximum absolute atomic E-state index is 13.8. The number of ether oxygens (including phenoxy) is 1. The van der Waals surface area contributed by atoms with Crippen LogP contribution in [0.1, 0.15) is 17.4 Å². The molecule has 0 saturated heterocycles. The van der Waals surface area contributed by atoms with Gasteiger partial charge in [0.1, 0.15) is 17.8 Å². The van der Waals surface area contributed by atoms with Crippen molar-refractivity contribution in [3.63, 3.8) is 0 Å². The highest BCUT2D eigenvalue weighted by atomic mass is 35.5. The normalized spacial score (nSPS) is 10.5. The van der Waals surface area contributed by atoms with Crippen molar-refractivity contribution in [3.05, 3.63) is 47.0 Å². The predicted molar refractivity (Wildman–Crippen MR) is 64.4 cm³/mol. The fourth-order valence-corrected chi connectivity index (χ4v) is 1.66. The number of aromatic nitrogens is 2. The van der Waals surface area contributed by atoms with Crippen molar-refractivity contribution in [2.24, 2.45) is 0 Å². The monoisotopic (exact) mass is 286 g/mol. The van der Waals surface area contributed by atoms with Crippen LogP contribution in [0.2, 0.25) is 5.02 Å². The number of hydrogen-bond acceptors (Lipinski definition) is 3. The molecular formula is C12H9ClF2N2O2. The van der Waals surface area contributed by atoms with Gasteiger partial charge in [0, 0.05) is 6.20 Å². The number of nitrogens with zero attached hydrogens (tertiary/aromatic N) is 2. The van der Waals surface area contributed by atoms with Gasteiger partial charge in [0.2, 0.25) is 0 Å². The summed E-state index contributed by atoms with van der Waals surface area (Å²) in [5.41, 5.74) is -0.434. The van der Waals surface area contributed by atoms with E-state index in [4.69, 9.17) is 16.3 Å². The summed E-state index contributed by atoms with van der Waals surface area (Å²) in [6.07, 6.45) is 2.29. The third kappa shape index (κ3) is 2.58. The number of carbonyl (C=O) groups excluding carboxylic acids is 1. The van der Waals surface area contributed by atoms with Gasteiger partial charge in [-0.2, -0.15) is 0 Å². The van der Waals surface area contributed by atoms with Gasteiger partial charge in [-0.3, -0.25) is 0 Å². The molecule has 1 heterocycles. The molecule has 100 valence electrons. The van der Waals surface area contributed by atoms with Crippen LogP contribution >= 0.6 is 11.6 Å². The number of carbonyl (C=O) groups is 1. The molecular weight excluding hydrogens is 278 g/mol. The van der Waals surface area contributed by atoms with Crippen molar-refractivity contribution < 1.29 is 18.3 Å². The average molecular weight is 287 g/mol. The molecule has 19 heavy (non-hydrogen) atoms. The SMILES string of the molecule is CCOC(=O)c1cn(-c2c(F)ccc(Cl)c2F)cn1. The van der Waals surface area contributed by atoms with Gasteiger partial charge >= 0.3 is 5.97 Å². The number of hydrogen-bond donors (Lipinski definition) is 0. The van der Waals surface area contributed by atoms with E-state index >= 15 is 0 Å². The fraction of sp³-hybridized carbons (Fsp3) is 0.167. The van der Waals surface area contributed by atoms with Gasteiger partial charge in [-0.1, -0.05) is 11.6 Å². The van der Waals surface area contributed by atoms with Crippen LogP contribution in [0.15, 0.2) is 24.7 Å². The second kappa shape index (κ2) is 5.36. The molecule has 0 unspecified atom stereocenters. The first-order chi connectivity index (χ1) is 9.04. The van der Waals surface area contributed by atoms with Gasteiger partial charge in [0.15, 0.2) is 11.5 Å². The van der Waals surface area contributed by atoms with E-state index in [0.29, 0.717) is 0 Å². The Morgan fingerprint density at radius 1 is 1.47 bits per heavy atom. The molecule has 0 radical (unpaired) electrons. The largest absolute Gasteiger partial charge is 0.461 e. The van der Waals surface area contributed by atoms with Crippen LogP contribution in [0, 0.1) is 11.6 Å². The van der Waals surface area contributed by atoms with Gasteiger partial charge in [0.25, 0.3) is 0 Å². The molecule has 0 bridgehead atoms. The summed E-state index contributed by atoms with van der Waals surface area (Å²) in [7, 11) is 0. The molecule has 0 aliphatic carbocycles. The topological polar surface area (TPSA) is 44.1 Å². The smallest absolute Gasteiger partial charge is 0.358 e. The lowest BCUT2D eigenvalue weighted by Gasteiger charge is -2.06. The lowest BCUT2D eigenvalue weighted by atomic mass is 10.3. The predicted octanol–water partition coefficient (Wildman–Crippen LogP) is 2.98. The molecule has 0 aliphatic heterocycles. The number of esters is 1. The molecule has 0 spiro atoms. The molecule has 4 nitrogen and oxygen atoms in total. The van der Waals surface area contributed by atoms with Crippen LogP contribution < -0.4 is 0 Å². The molecule has 2 aromatic rings. The number of halogens is 3. The second-order valence-corrected chi connectivity index (χ2v) is 3.99. The third-order valence-electron chi connectivity index (χ3n) is 2.35. The quantitative estimate of drug-likeness (QED) is 0.643. The van der Waals surface area contributed by atoms with Gasteiger partial charge in [-0.15, -0.1) is 0 Å². The maximum atomic E-state index is 13.8. The van der Waals surface area contributed by atoms with Crippen LogP contribution in [0.25, 0.3) is 5.69 Å². The Labute approximate surface area is 112 Å². The molecule has 0 fully saturated rings. The van der Waals surface area contributed by atoms with Crippen molar-refractivity contribution in [1.82, 2.24) is 9.55 Å². The Kier molecular flexibility index (Phi) is 3.80. The zero-order valence-corrected chi connectivity index (χ0v) is 10.6. The average Bonchev–Trinajstić information content (AvgIpc) is 2.84. The Bertz CT molecular complexity index is 628. The van der Waals surface area contributed by atoms with E-state index in [1.165, 1.54) is 6.20 Å². The molecule has 0 saturated carbocycles. The van der Waals surface area contributed by atoms with Crippen molar-refractivity contribution in [2.75, 3.05) is 6.61 Å². The fourth-order valence-electron chi connectivity index (χ4n) is 1.51.